The molecule has 0 aromatic carbocycles. The molecule has 0 aliphatic carbocycles. The smallest absolute Gasteiger partial charge is 0.410 e. The van der Waals surface area contributed by atoms with Crippen LogP contribution in [0.2, 0.25) is 0 Å². The van der Waals surface area contributed by atoms with Crippen molar-refractivity contribution in [1.29, 1.82) is 0 Å². The van der Waals surface area contributed by atoms with Crippen LogP contribution >= 0.6 is 0 Å². The molecule has 1 rings (SSSR count). The van der Waals surface area contributed by atoms with E-state index in [9.17, 15) is 9.59 Å². The van der Waals surface area contributed by atoms with E-state index in [4.69, 9.17) is 4.74 Å². The number of nitrogens with zero attached hydrogens (tertiary/aromatic N) is 1. The van der Waals surface area contributed by atoms with Gasteiger partial charge in [-0.25, -0.2) is 4.79 Å². The lowest BCUT2D eigenvalue weighted by molar-refractivity contribution is -0.126. The summed E-state index contributed by atoms with van der Waals surface area (Å²) in [4.78, 5) is 25.0. The minimum absolute atomic E-state index is 0.0409. The first-order valence-electron chi connectivity index (χ1n) is 6.40. The van der Waals surface area contributed by atoms with Gasteiger partial charge < -0.3 is 9.64 Å². The molecule has 0 atom stereocenters. The Bertz CT molecular complexity index is 349. The minimum Gasteiger partial charge on any atom is -0.444 e. The molecule has 0 saturated carbocycles. The quantitative estimate of drug-likeness (QED) is 0.724. The first-order valence-corrected chi connectivity index (χ1v) is 6.40. The van der Waals surface area contributed by atoms with Crippen LogP contribution in [0.25, 0.3) is 0 Å². The highest BCUT2D eigenvalue weighted by Gasteiger charge is 2.37. The van der Waals surface area contributed by atoms with Crippen LogP contribution in [0.1, 0.15) is 40.5 Å². The minimum atomic E-state index is -0.483. The predicted octanol–water partition coefficient (Wildman–Crippen LogP) is 2.78. The van der Waals surface area contributed by atoms with Gasteiger partial charge in [0, 0.05) is 19.5 Å². The Kier molecular flexibility index (Phi) is 4.54. The Balaban J connectivity index is 2.33. The van der Waals surface area contributed by atoms with Crippen LogP contribution in [0.5, 0.6) is 0 Å². The number of ether oxygens (including phenoxy) is 1. The van der Waals surface area contributed by atoms with Gasteiger partial charge in [-0.1, -0.05) is 19.1 Å². The summed E-state index contributed by atoms with van der Waals surface area (Å²) < 4.78 is 5.23. The third-order valence-electron chi connectivity index (χ3n) is 2.91. The maximum absolute atomic E-state index is 11.8. The average molecular weight is 253 g/mol. The summed E-state index contributed by atoms with van der Waals surface area (Å²) >= 11 is 0. The lowest BCUT2D eigenvalue weighted by Crippen LogP contribution is -2.54. The second-order valence-corrected chi connectivity index (χ2v) is 5.83. The number of Topliss-reactive ketones (excluding diaryl/α,β-unsaturated/α-hetero) is 1. The Labute approximate surface area is 109 Å². The molecule has 0 spiro atoms. The molecule has 0 radical (unpaired) electrons. The number of rotatable bonds is 4. The summed E-state index contributed by atoms with van der Waals surface area (Å²) in [7, 11) is 0. The van der Waals surface area contributed by atoms with Crippen LogP contribution in [0.3, 0.4) is 0 Å². The van der Waals surface area contributed by atoms with Crippen LogP contribution in [0.15, 0.2) is 12.2 Å². The van der Waals surface area contributed by atoms with Gasteiger partial charge in [0.1, 0.15) is 11.4 Å². The molecule has 0 bridgehead atoms. The molecule has 0 N–H and O–H groups in total. The largest absolute Gasteiger partial charge is 0.444 e. The second-order valence-electron chi connectivity index (χ2n) is 5.83. The summed E-state index contributed by atoms with van der Waals surface area (Å²) in [5.74, 6) is 0.141. The van der Waals surface area contributed by atoms with Crippen LogP contribution in [-0.4, -0.2) is 35.5 Å². The van der Waals surface area contributed by atoms with Crippen LogP contribution in [-0.2, 0) is 9.53 Å². The highest BCUT2D eigenvalue weighted by Crippen LogP contribution is 2.22. The third-order valence-corrected chi connectivity index (χ3v) is 2.91. The summed E-state index contributed by atoms with van der Waals surface area (Å²) in [6.07, 6.45) is 0.929. The molecule has 1 fully saturated rings. The molecule has 0 aromatic rings. The molecule has 0 unspecified atom stereocenters. The Hall–Kier alpha value is -1.32. The first kappa shape index (κ1) is 14.7. The first-order chi connectivity index (χ1) is 8.23. The van der Waals surface area contributed by atoms with E-state index in [1.165, 1.54) is 0 Å². The Morgan fingerprint density at radius 3 is 2.33 bits per heavy atom. The van der Waals surface area contributed by atoms with E-state index in [1.807, 2.05) is 27.7 Å². The van der Waals surface area contributed by atoms with Gasteiger partial charge in [0.2, 0.25) is 0 Å². The molecular weight excluding hydrogens is 230 g/mol. The summed E-state index contributed by atoms with van der Waals surface area (Å²) in [5.41, 5.74) is 0.471. The van der Waals surface area contributed by atoms with Crippen LogP contribution < -0.4 is 0 Å². The lowest BCUT2D eigenvalue weighted by atomic mass is 9.91. The van der Waals surface area contributed by atoms with Gasteiger partial charge in [-0.05, 0) is 27.2 Å². The standard InChI is InChI=1S/C14H23NO3/c1-6-10(2)7-12(16)11-8-15(9-11)13(17)18-14(3,4)5/h11H,2,6-9H2,1,3-5H3. The van der Waals surface area contributed by atoms with Gasteiger partial charge in [-0.15, -0.1) is 0 Å². The monoisotopic (exact) mass is 253 g/mol. The second kappa shape index (κ2) is 5.55. The molecule has 0 aromatic heterocycles. The average Bonchev–Trinajstić information content (AvgIpc) is 2.11. The topological polar surface area (TPSA) is 46.6 Å². The third kappa shape index (κ3) is 4.17. The number of hydrogen-bond donors (Lipinski definition) is 0. The highest BCUT2D eigenvalue weighted by molar-refractivity contribution is 5.86. The number of carbonyl (C=O) groups is 2. The van der Waals surface area contributed by atoms with Crippen LogP contribution in [0.4, 0.5) is 4.79 Å². The van der Waals surface area contributed by atoms with Crippen molar-refractivity contribution in [2.45, 2.75) is 46.1 Å². The van der Waals surface area contributed by atoms with Crippen molar-refractivity contribution in [2.75, 3.05) is 13.1 Å². The fourth-order valence-electron chi connectivity index (χ4n) is 1.67. The number of likely N-dealkylation sites (tertiary alicyclic amines) is 1. The van der Waals surface area contributed by atoms with Crippen molar-refractivity contribution in [1.82, 2.24) is 4.90 Å². The molecule has 1 aliphatic heterocycles. The number of carbonyl (C=O) groups excluding carboxylic acids is 2. The molecule has 4 heteroatoms. The molecule has 1 saturated heterocycles. The number of hydrogen-bond acceptors (Lipinski definition) is 3. The SMILES string of the molecule is C=C(CC)CC(=O)C1CN(C(=O)OC(C)(C)C)C1. The van der Waals surface area contributed by atoms with Gasteiger partial charge in [-0.3, -0.25) is 4.79 Å². The van der Waals surface area contributed by atoms with Crippen molar-refractivity contribution < 1.29 is 14.3 Å². The normalized spacial score (nSPS) is 16.1. The maximum Gasteiger partial charge on any atom is 0.410 e. The van der Waals surface area contributed by atoms with Crippen molar-refractivity contribution in [3.05, 3.63) is 12.2 Å². The molecular formula is C14H23NO3. The van der Waals surface area contributed by atoms with E-state index in [0.717, 1.165) is 12.0 Å². The Morgan fingerprint density at radius 1 is 1.33 bits per heavy atom. The molecule has 1 heterocycles. The van der Waals surface area contributed by atoms with E-state index in [-0.39, 0.29) is 17.8 Å². The van der Waals surface area contributed by atoms with E-state index in [2.05, 4.69) is 6.58 Å². The predicted molar refractivity (Wildman–Crippen MR) is 70.4 cm³/mol. The lowest BCUT2D eigenvalue weighted by Gasteiger charge is -2.39. The zero-order valence-corrected chi connectivity index (χ0v) is 11.8. The Morgan fingerprint density at radius 2 is 1.89 bits per heavy atom. The van der Waals surface area contributed by atoms with Gasteiger partial charge in [-0.2, -0.15) is 0 Å². The van der Waals surface area contributed by atoms with Gasteiger partial charge in [0.15, 0.2) is 0 Å². The van der Waals surface area contributed by atoms with Crippen molar-refractivity contribution in [3.8, 4) is 0 Å². The zero-order chi connectivity index (χ0) is 13.9. The molecule has 1 amide bonds. The summed E-state index contributed by atoms with van der Waals surface area (Å²) in [6, 6.07) is 0. The van der Waals surface area contributed by atoms with E-state index in [0.29, 0.717) is 19.5 Å². The van der Waals surface area contributed by atoms with Crippen molar-refractivity contribution in [2.24, 2.45) is 5.92 Å². The fourth-order valence-corrected chi connectivity index (χ4v) is 1.67. The van der Waals surface area contributed by atoms with Gasteiger partial charge >= 0.3 is 6.09 Å². The van der Waals surface area contributed by atoms with Crippen molar-refractivity contribution >= 4 is 11.9 Å². The van der Waals surface area contributed by atoms with E-state index < -0.39 is 5.60 Å². The molecule has 4 nitrogen and oxygen atoms in total. The highest BCUT2D eigenvalue weighted by atomic mass is 16.6. The van der Waals surface area contributed by atoms with Gasteiger partial charge in [0.25, 0.3) is 0 Å². The van der Waals surface area contributed by atoms with Gasteiger partial charge in [0.05, 0.1) is 5.92 Å². The molecule has 1 aliphatic rings. The number of ketones is 1. The number of amides is 1. The number of allylic oxidation sites excluding steroid dienone is 1. The van der Waals surface area contributed by atoms with E-state index >= 15 is 0 Å². The molecule has 102 valence electrons. The van der Waals surface area contributed by atoms with E-state index in [1.54, 1.807) is 4.90 Å². The molecule has 18 heavy (non-hydrogen) atoms. The fraction of sp³-hybridized carbons (Fsp3) is 0.714. The summed E-state index contributed by atoms with van der Waals surface area (Å²) in [5, 5.41) is 0. The van der Waals surface area contributed by atoms with Crippen LogP contribution in [0, 0.1) is 5.92 Å². The maximum atomic E-state index is 11.8. The summed E-state index contributed by atoms with van der Waals surface area (Å²) in [6.45, 7) is 12.3. The van der Waals surface area contributed by atoms with Crippen molar-refractivity contribution in [3.63, 3.8) is 0 Å². The zero-order valence-electron chi connectivity index (χ0n) is 11.8.